The molecule has 146 valence electrons. The molecule has 0 bridgehead atoms. The van der Waals surface area contributed by atoms with Gasteiger partial charge in [0.1, 0.15) is 0 Å². The number of amides is 1. The van der Waals surface area contributed by atoms with Crippen LogP contribution in [0.15, 0.2) is 53.4 Å². The summed E-state index contributed by atoms with van der Waals surface area (Å²) in [5.41, 5.74) is 1.14. The van der Waals surface area contributed by atoms with Crippen LogP contribution in [0.2, 0.25) is 5.02 Å². The summed E-state index contributed by atoms with van der Waals surface area (Å²) in [7, 11) is 0. The molecule has 0 spiro atoms. The van der Waals surface area contributed by atoms with Crippen LogP contribution in [0, 0.1) is 0 Å². The first-order chi connectivity index (χ1) is 13.5. The number of ether oxygens (including phenoxy) is 1. The molecule has 0 radical (unpaired) electrons. The predicted octanol–water partition coefficient (Wildman–Crippen LogP) is 4.38. The summed E-state index contributed by atoms with van der Waals surface area (Å²) in [5.74, 6) is -0.0802. The molecule has 0 N–H and O–H groups in total. The molecule has 1 aliphatic rings. The van der Waals surface area contributed by atoms with Gasteiger partial charge in [0.25, 0.3) is 0 Å². The predicted molar refractivity (Wildman–Crippen MR) is 110 cm³/mol. The molecule has 0 aromatic heterocycles. The van der Waals surface area contributed by atoms with Crippen molar-refractivity contribution in [3.05, 3.63) is 59.1 Å². The molecular weight excluding hydrogens is 398 g/mol. The van der Waals surface area contributed by atoms with Crippen LogP contribution in [0.1, 0.15) is 29.6 Å². The van der Waals surface area contributed by atoms with Crippen molar-refractivity contribution in [1.29, 1.82) is 0 Å². The molecule has 7 heteroatoms. The van der Waals surface area contributed by atoms with Gasteiger partial charge >= 0.3 is 5.97 Å². The van der Waals surface area contributed by atoms with E-state index in [0.29, 0.717) is 35.0 Å². The van der Waals surface area contributed by atoms with Crippen molar-refractivity contribution in [3.63, 3.8) is 0 Å². The fraction of sp³-hybridized carbons (Fsp3) is 0.286. The van der Waals surface area contributed by atoms with Crippen molar-refractivity contribution < 1.29 is 19.1 Å². The second kappa shape index (κ2) is 9.75. The number of halogens is 1. The highest BCUT2D eigenvalue weighted by atomic mass is 35.5. The van der Waals surface area contributed by atoms with Gasteiger partial charge in [-0.05, 0) is 42.8 Å². The summed E-state index contributed by atoms with van der Waals surface area (Å²) in [4.78, 5) is 38.8. The summed E-state index contributed by atoms with van der Waals surface area (Å²) < 4.78 is 5.10. The molecular formula is C21H20ClNO4S. The number of thioether (sulfide) groups is 1. The van der Waals surface area contributed by atoms with E-state index in [1.54, 1.807) is 41.3 Å². The summed E-state index contributed by atoms with van der Waals surface area (Å²) in [6.45, 7) is 0.360. The number of rotatable bonds is 8. The van der Waals surface area contributed by atoms with Gasteiger partial charge in [-0.2, -0.15) is 0 Å². The highest BCUT2D eigenvalue weighted by Crippen LogP contribution is 2.23. The number of Topliss-reactive ketones (excluding diaryl/α,β-unsaturated/α-hetero) is 1. The van der Waals surface area contributed by atoms with E-state index < -0.39 is 5.97 Å². The zero-order valence-electron chi connectivity index (χ0n) is 15.2. The lowest BCUT2D eigenvalue weighted by Crippen LogP contribution is -2.24. The normalized spacial score (nSPS) is 13.6. The minimum Gasteiger partial charge on any atom is -0.457 e. The highest BCUT2D eigenvalue weighted by Gasteiger charge is 2.22. The summed E-state index contributed by atoms with van der Waals surface area (Å²) in [6, 6.07) is 14.3. The molecule has 1 amide bonds. The van der Waals surface area contributed by atoms with Gasteiger partial charge in [0.2, 0.25) is 5.91 Å². The minimum atomic E-state index is -0.416. The maximum atomic E-state index is 12.3. The van der Waals surface area contributed by atoms with Gasteiger partial charge in [-0.25, -0.2) is 0 Å². The van der Waals surface area contributed by atoms with Crippen LogP contribution in [0.5, 0.6) is 0 Å². The van der Waals surface area contributed by atoms with Gasteiger partial charge in [0.15, 0.2) is 12.4 Å². The Bertz CT molecular complexity index is 869. The van der Waals surface area contributed by atoms with Gasteiger partial charge in [0, 0.05) is 39.9 Å². The van der Waals surface area contributed by atoms with Crippen molar-refractivity contribution in [3.8, 4) is 0 Å². The Balaban J connectivity index is 1.45. The number of hydrogen-bond acceptors (Lipinski definition) is 5. The fourth-order valence-corrected chi connectivity index (χ4v) is 3.81. The summed E-state index contributed by atoms with van der Waals surface area (Å²) in [5, 5.41) is 0.667. The quantitative estimate of drug-likeness (QED) is 0.362. The molecule has 0 unspecified atom stereocenters. The van der Waals surface area contributed by atoms with Crippen LogP contribution in [-0.4, -0.2) is 36.6 Å². The molecule has 5 nitrogen and oxygen atoms in total. The van der Waals surface area contributed by atoms with Gasteiger partial charge in [-0.1, -0.05) is 23.7 Å². The third-order valence-corrected chi connectivity index (χ3v) is 5.57. The minimum absolute atomic E-state index is 0.0641. The van der Waals surface area contributed by atoms with E-state index in [1.165, 1.54) is 11.8 Å². The van der Waals surface area contributed by atoms with Crippen LogP contribution in [0.25, 0.3) is 0 Å². The van der Waals surface area contributed by atoms with E-state index in [4.69, 9.17) is 16.3 Å². The number of hydrogen-bond donors (Lipinski definition) is 0. The van der Waals surface area contributed by atoms with E-state index >= 15 is 0 Å². The molecule has 1 saturated heterocycles. The smallest absolute Gasteiger partial charge is 0.307 e. The van der Waals surface area contributed by atoms with Crippen molar-refractivity contribution in [2.45, 2.75) is 24.2 Å². The molecule has 2 aromatic rings. The zero-order chi connectivity index (χ0) is 19.9. The molecule has 3 rings (SSSR count). The average molecular weight is 418 g/mol. The molecule has 1 heterocycles. The van der Waals surface area contributed by atoms with E-state index in [9.17, 15) is 14.4 Å². The van der Waals surface area contributed by atoms with E-state index in [-0.39, 0.29) is 24.7 Å². The van der Waals surface area contributed by atoms with E-state index in [0.717, 1.165) is 11.3 Å². The molecule has 1 fully saturated rings. The van der Waals surface area contributed by atoms with Crippen molar-refractivity contribution in [1.82, 2.24) is 0 Å². The van der Waals surface area contributed by atoms with E-state index in [1.807, 2.05) is 12.1 Å². The van der Waals surface area contributed by atoms with Crippen LogP contribution in [0.3, 0.4) is 0 Å². The summed E-state index contributed by atoms with van der Waals surface area (Å²) >= 11 is 7.36. The molecule has 0 atom stereocenters. The second-order valence-corrected chi connectivity index (χ2v) is 7.94. The van der Waals surface area contributed by atoms with Gasteiger partial charge < -0.3 is 9.64 Å². The first-order valence-electron chi connectivity index (χ1n) is 9.00. The third kappa shape index (κ3) is 5.59. The second-order valence-electron chi connectivity index (χ2n) is 6.34. The van der Waals surface area contributed by atoms with Gasteiger partial charge in [0.05, 0.1) is 6.42 Å². The number of carbonyl (C=O) groups excluding carboxylic acids is 3. The highest BCUT2D eigenvalue weighted by molar-refractivity contribution is 7.99. The van der Waals surface area contributed by atoms with Crippen LogP contribution in [-0.2, 0) is 14.3 Å². The number of esters is 1. The number of ketones is 1. The van der Waals surface area contributed by atoms with E-state index in [2.05, 4.69) is 0 Å². The number of carbonyl (C=O) groups is 3. The van der Waals surface area contributed by atoms with Crippen LogP contribution >= 0.6 is 23.4 Å². The molecule has 2 aromatic carbocycles. The van der Waals surface area contributed by atoms with Crippen LogP contribution in [0.4, 0.5) is 5.69 Å². The van der Waals surface area contributed by atoms with Gasteiger partial charge in [-0.3, -0.25) is 14.4 Å². The Labute approximate surface area is 173 Å². The Kier molecular flexibility index (Phi) is 7.12. The molecule has 0 aliphatic carbocycles. The molecule has 28 heavy (non-hydrogen) atoms. The number of benzene rings is 2. The van der Waals surface area contributed by atoms with Crippen LogP contribution < -0.4 is 4.90 Å². The lowest BCUT2D eigenvalue weighted by Gasteiger charge is -2.16. The number of nitrogens with zero attached hydrogens (tertiary/aromatic N) is 1. The molecule has 0 saturated carbocycles. The summed E-state index contributed by atoms with van der Waals surface area (Å²) in [6.07, 6.45) is 1.56. The lowest BCUT2D eigenvalue weighted by molar-refractivity contribution is -0.142. The Morgan fingerprint density at radius 3 is 2.64 bits per heavy atom. The zero-order valence-corrected chi connectivity index (χ0v) is 16.8. The molecule has 1 aliphatic heterocycles. The monoisotopic (exact) mass is 417 g/mol. The van der Waals surface area contributed by atoms with Crippen molar-refractivity contribution in [2.24, 2.45) is 0 Å². The van der Waals surface area contributed by atoms with Gasteiger partial charge in [-0.15, -0.1) is 11.8 Å². The first kappa shape index (κ1) is 20.4. The topological polar surface area (TPSA) is 63.7 Å². The fourth-order valence-electron chi connectivity index (χ4n) is 2.85. The first-order valence-corrected chi connectivity index (χ1v) is 10.4. The average Bonchev–Trinajstić information content (AvgIpc) is 3.13. The number of anilines is 1. The third-order valence-electron chi connectivity index (χ3n) is 4.31. The Morgan fingerprint density at radius 1 is 1.14 bits per heavy atom. The SMILES string of the molecule is O=C(CCSc1ccc(Cl)cc1)OCC(=O)c1cccc(N2CCCC2=O)c1. The maximum Gasteiger partial charge on any atom is 0.307 e. The maximum absolute atomic E-state index is 12.3. The van der Waals surface area contributed by atoms with Crippen molar-refractivity contribution >= 4 is 46.7 Å². The van der Waals surface area contributed by atoms with Crippen molar-refractivity contribution in [2.75, 3.05) is 23.8 Å². The Hall–Kier alpha value is -2.31. The lowest BCUT2D eigenvalue weighted by atomic mass is 10.1. The standard InChI is InChI=1S/C21H20ClNO4S/c22-16-6-8-18(9-7-16)28-12-10-21(26)27-14-19(24)15-3-1-4-17(13-15)23-11-2-5-20(23)25/h1,3-4,6-9,13H,2,5,10-12,14H2. The Morgan fingerprint density at radius 2 is 1.93 bits per heavy atom. The largest absolute Gasteiger partial charge is 0.457 e.